The lowest BCUT2D eigenvalue weighted by molar-refractivity contribution is 0.412. The van der Waals surface area contributed by atoms with Gasteiger partial charge in [-0.1, -0.05) is 44.2 Å². The van der Waals surface area contributed by atoms with Crippen LogP contribution in [0.1, 0.15) is 63.4 Å². The van der Waals surface area contributed by atoms with Crippen LogP contribution >= 0.6 is 12.2 Å². The molecule has 0 aromatic heterocycles. The highest BCUT2D eigenvalue weighted by Crippen LogP contribution is 2.20. The summed E-state index contributed by atoms with van der Waals surface area (Å²) >= 11 is 5.38. The fourth-order valence-corrected chi connectivity index (χ4v) is 5.54. The number of benzene rings is 1. The molecule has 5 nitrogen and oxygen atoms in total. The van der Waals surface area contributed by atoms with Gasteiger partial charge in [-0.25, -0.2) is 13.1 Å². The van der Waals surface area contributed by atoms with Crippen LogP contribution in [0.25, 0.3) is 0 Å². The fraction of sp³-hybridized carbons (Fsp3) is 0.650. The summed E-state index contributed by atoms with van der Waals surface area (Å²) in [5.41, 5.74) is 1.10. The second-order valence-corrected chi connectivity index (χ2v) is 9.85. The summed E-state index contributed by atoms with van der Waals surface area (Å²) < 4.78 is 27.7. The molecule has 0 bridgehead atoms. The Balaban J connectivity index is 1.42. The lowest BCUT2D eigenvalue weighted by Gasteiger charge is -2.24. The summed E-state index contributed by atoms with van der Waals surface area (Å²) in [4.78, 5) is 0.348. The molecule has 2 aliphatic rings. The number of thiocarbonyl (C=S) groups is 1. The third kappa shape index (κ3) is 6.43. The van der Waals surface area contributed by atoms with E-state index in [4.69, 9.17) is 12.2 Å². The molecule has 2 aliphatic carbocycles. The van der Waals surface area contributed by atoms with Crippen molar-refractivity contribution in [3.05, 3.63) is 29.8 Å². The lowest BCUT2D eigenvalue weighted by Crippen LogP contribution is -2.43. The molecule has 27 heavy (non-hydrogen) atoms. The van der Waals surface area contributed by atoms with E-state index in [1.807, 2.05) is 12.1 Å². The first-order valence-corrected chi connectivity index (χ1v) is 12.1. The monoisotopic (exact) mass is 409 g/mol. The maximum atomic E-state index is 12.4. The van der Waals surface area contributed by atoms with Gasteiger partial charge in [0, 0.05) is 18.6 Å². The number of hydrogen-bond acceptors (Lipinski definition) is 3. The van der Waals surface area contributed by atoms with Crippen LogP contribution in [0.3, 0.4) is 0 Å². The van der Waals surface area contributed by atoms with Crippen molar-refractivity contribution in [2.24, 2.45) is 0 Å². The molecule has 2 fully saturated rings. The predicted octanol–water partition coefficient (Wildman–Crippen LogP) is 3.25. The van der Waals surface area contributed by atoms with Gasteiger partial charge >= 0.3 is 0 Å². The molecule has 3 N–H and O–H groups in total. The van der Waals surface area contributed by atoms with E-state index in [0.717, 1.165) is 49.3 Å². The lowest BCUT2D eigenvalue weighted by atomic mass is 9.96. The van der Waals surface area contributed by atoms with E-state index < -0.39 is 10.0 Å². The Bertz CT molecular complexity index is 707. The Labute approximate surface area is 168 Å². The Hall–Kier alpha value is -1.18. The topological polar surface area (TPSA) is 70.2 Å². The third-order valence-electron chi connectivity index (χ3n) is 5.55. The number of hydrogen-bond donors (Lipinski definition) is 3. The zero-order valence-corrected chi connectivity index (χ0v) is 17.5. The van der Waals surface area contributed by atoms with Gasteiger partial charge in [0.15, 0.2) is 5.11 Å². The molecule has 0 spiro atoms. The summed E-state index contributed by atoms with van der Waals surface area (Å²) in [6, 6.07) is 7.79. The average molecular weight is 410 g/mol. The average Bonchev–Trinajstić information content (AvgIpc) is 3.15. The largest absolute Gasteiger partial charge is 0.362 e. The van der Waals surface area contributed by atoms with Crippen molar-refractivity contribution >= 4 is 27.4 Å². The molecule has 0 aliphatic heterocycles. The molecule has 0 radical (unpaired) electrons. The van der Waals surface area contributed by atoms with E-state index in [1.165, 1.54) is 32.1 Å². The molecule has 0 saturated heterocycles. The first-order valence-electron chi connectivity index (χ1n) is 10.2. The third-order valence-corrected chi connectivity index (χ3v) is 7.35. The predicted molar refractivity (Wildman–Crippen MR) is 113 cm³/mol. The van der Waals surface area contributed by atoms with Crippen LogP contribution in [-0.2, 0) is 16.4 Å². The van der Waals surface area contributed by atoms with Gasteiger partial charge in [-0.05, 0) is 62.0 Å². The van der Waals surface area contributed by atoms with Gasteiger partial charge in [0.2, 0.25) is 10.0 Å². The molecule has 0 heterocycles. The van der Waals surface area contributed by atoms with Gasteiger partial charge in [0.25, 0.3) is 0 Å². The van der Waals surface area contributed by atoms with E-state index in [9.17, 15) is 8.42 Å². The molecule has 150 valence electrons. The summed E-state index contributed by atoms with van der Waals surface area (Å²) in [6.07, 6.45) is 11.2. The van der Waals surface area contributed by atoms with Crippen LogP contribution in [0.15, 0.2) is 29.2 Å². The Morgan fingerprint density at radius 2 is 1.52 bits per heavy atom. The van der Waals surface area contributed by atoms with E-state index in [2.05, 4.69) is 15.4 Å². The first-order chi connectivity index (χ1) is 13.0. The molecule has 1 aromatic rings. The van der Waals surface area contributed by atoms with Gasteiger partial charge < -0.3 is 10.6 Å². The SMILES string of the molecule is O=S(=O)(NC1CCCC1)c1ccc(CCNC(=S)NC2CCCCC2)cc1. The van der Waals surface area contributed by atoms with Crippen molar-refractivity contribution in [3.8, 4) is 0 Å². The summed E-state index contributed by atoms with van der Waals surface area (Å²) in [6.45, 7) is 0.741. The van der Waals surface area contributed by atoms with Crippen molar-refractivity contribution in [3.63, 3.8) is 0 Å². The molecular weight excluding hydrogens is 378 g/mol. The number of nitrogens with one attached hydrogen (secondary N) is 3. The summed E-state index contributed by atoms with van der Waals surface area (Å²) in [5, 5.41) is 7.39. The van der Waals surface area contributed by atoms with Gasteiger partial charge in [-0.15, -0.1) is 0 Å². The molecule has 2 saturated carbocycles. The van der Waals surface area contributed by atoms with Crippen LogP contribution in [0.2, 0.25) is 0 Å². The molecule has 1 aromatic carbocycles. The van der Waals surface area contributed by atoms with Gasteiger partial charge in [-0.2, -0.15) is 0 Å². The van der Waals surface area contributed by atoms with E-state index in [-0.39, 0.29) is 6.04 Å². The molecular formula is C20H31N3O2S2. The highest BCUT2D eigenvalue weighted by molar-refractivity contribution is 7.89. The second kappa shape index (κ2) is 9.85. The van der Waals surface area contributed by atoms with Crippen LogP contribution in [0.4, 0.5) is 0 Å². The first kappa shape index (κ1) is 20.6. The van der Waals surface area contributed by atoms with Gasteiger partial charge in [0.1, 0.15) is 0 Å². The minimum atomic E-state index is -3.41. The molecule has 7 heteroatoms. The Kier molecular flexibility index (Phi) is 7.49. The second-order valence-electron chi connectivity index (χ2n) is 7.73. The minimum absolute atomic E-state index is 0.0940. The fourth-order valence-electron chi connectivity index (χ4n) is 3.97. The zero-order valence-electron chi connectivity index (χ0n) is 15.9. The normalized spacial score (nSPS) is 19.1. The van der Waals surface area contributed by atoms with E-state index in [1.54, 1.807) is 12.1 Å². The van der Waals surface area contributed by atoms with Crippen molar-refractivity contribution in [1.82, 2.24) is 15.4 Å². The van der Waals surface area contributed by atoms with Crippen molar-refractivity contribution in [2.75, 3.05) is 6.54 Å². The van der Waals surface area contributed by atoms with Crippen LogP contribution in [0.5, 0.6) is 0 Å². The molecule has 0 amide bonds. The van der Waals surface area contributed by atoms with Crippen LogP contribution < -0.4 is 15.4 Å². The molecule has 3 rings (SSSR count). The standard InChI is InChI=1S/C20H31N3O2S2/c24-27(25,23-18-8-4-5-9-18)19-12-10-16(11-13-19)14-15-21-20(26)22-17-6-2-1-3-7-17/h10-13,17-18,23H,1-9,14-15H2,(H2,21,22,26). The van der Waals surface area contributed by atoms with Gasteiger partial charge in [0.05, 0.1) is 4.90 Å². The van der Waals surface area contributed by atoms with Crippen molar-refractivity contribution < 1.29 is 8.42 Å². The summed E-state index contributed by atoms with van der Waals surface area (Å²) in [5.74, 6) is 0. The maximum Gasteiger partial charge on any atom is 0.240 e. The Morgan fingerprint density at radius 1 is 0.926 bits per heavy atom. The smallest absolute Gasteiger partial charge is 0.240 e. The van der Waals surface area contributed by atoms with Gasteiger partial charge in [-0.3, -0.25) is 0 Å². The summed E-state index contributed by atoms with van der Waals surface area (Å²) in [7, 11) is -3.41. The van der Waals surface area contributed by atoms with Crippen molar-refractivity contribution in [1.29, 1.82) is 0 Å². The van der Waals surface area contributed by atoms with Crippen LogP contribution in [0, 0.1) is 0 Å². The molecule has 0 unspecified atom stereocenters. The zero-order chi connectivity index (χ0) is 19.1. The van der Waals surface area contributed by atoms with E-state index in [0.29, 0.717) is 10.9 Å². The quantitative estimate of drug-likeness (QED) is 0.603. The Morgan fingerprint density at radius 3 is 2.19 bits per heavy atom. The molecule has 0 atom stereocenters. The van der Waals surface area contributed by atoms with Crippen LogP contribution in [-0.4, -0.2) is 32.2 Å². The highest BCUT2D eigenvalue weighted by Gasteiger charge is 2.22. The van der Waals surface area contributed by atoms with Crippen molar-refractivity contribution in [2.45, 2.75) is 81.2 Å². The number of sulfonamides is 1. The number of rotatable bonds is 7. The maximum absolute atomic E-state index is 12.4. The highest BCUT2D eigenvalue weighted by atomic mass is 32.2. The van der Waals surface area contributed by atoms with E-state index >= 15 is 0 Å². The minimum Gasteiger partial charge on any atom is -0.362 e.